The second-order valence-electron chi connectivity index (χ2n) is 3.18. The summed E-state index contributed by atoms with van der Waals surface area (Å²) >= 11 is 0. The van der Waals surface area contributed by atoms with Gasteiger partial charge in [0.15, 0.2) is 0 Å². The smallest absolute Gasteiger partial charge is 0.314 e. The van der Waals surface area contributed by atoms with Crippen molar-refractivity contribution in [2.75, 3.05) is 6.54 Å². The zero-order chi connectivity index (χ0) is 9.42. The largest absolute Gasteiger partial charge is 0.320 e. The third-order valence-corrected chi connectivity index (χ3v) is 2.22. The van der Waals surface area contributed by atoms with Crippen molar-refractivity contribution in [1.29, 1.82) is 0 Å². The molecule has 0 saturated carbocycles. The molecule has 13 heavy (non-hydrogen) atoms. The van der Waals surface area contributed by atoms with E-state index in [0.29, 0.717) is 6.54 Å². The van der Waals surface area contributed by atoms with E-state index in [1.54, 1.807) is 4.90 Å². The van der Waals surface area contributed by atoms with Crippen LogP contribution in [-0.2, 0) is 0 Å². The van der Waals surface area contributed by atoms with Gasteiger partial charge in [-0.15, -0.1) is 0 Å². The maximum absolute atomic E-state index is 11.3. The molecule has 4 amide bonds. The van der Waals surface area contributed by atoms with Gasteiger partial charge in [0.2, 0.25) is 0 Å². The molecule has 2 fully saturated rings. The van der Waals surface area contributed by atoms with Gasteiger partial charge in [-0.25, -0.2) is 9.59 Å². The highest BCUT2D eigenvalue weighted by Gasteiger charge is 2.44. The molecular formula is C7H12N4O2. The molecule has 0 aromatic rings. The highest BCUT2D eigenvalue weighted by Crippen LogP contribution is 2.13. The van der Waals surface area contributed by atoms with Crippen LogP contribution in [0.1, 0.15) is 13.3 Å². The third kappa shape index (κ3) is 1.18. The highest BCUT2D eigenvalue weighted by atomic mass is 16.2. The van der Waals surface area contributed by atoms with Gasteiger partial charge in [0.05, 0.1) is 0 Å². The van der Waals surface area contributed by atoms with Gasteiger partial charge >= 0.3 is 12.1 Å². The number of urea groups is 2. The van der Waals surface area contributed by atoms with Crippen molar-refractivity contribution in [3.63, 3.8) is 0 Å². The van der Waals surface area contributed by atoms with Crippen molar-refractivity contribution in [1.82, 2.24) is 20.9 Å². The second-order valence-corrected chi connectivity index (χ2v) is 3.18. The molecule has 0 aliphatic carbocycles. The van der Waals surface area contributed by atoms with E-state index < -0.39 is 0 Å². The van der Waals surface area contributed by atoms with Gasteiger partial charge < -0.3 is 20.9 Å². The molecule has 2 atom stereocenters. The van der Waals surface area contributed by atoms with Gasteiger partial charge in [0, 0.05) is 6.54 Å². The molecule has 3 N–H and O–H groups in total. The van der Waals surface area contributed by atoms with E-state index in [-0.39, 0.29) is 24.4 Å². The van der Waals surface area contributed by atoms with Crippen LogP contribution in [0.2, 0.25) is 0 Å². The molecule has 0 spiro atoms. The van der Waals surface area contributed by atoms with Crippen molar-refractivity contribution < 1.29 is 9.59 Å². The predicted molar refractivity (Wildman–Crippen MR) is 44.8 cm³/mol. The summed E-state index contributed by atoms with van der Waals surface area (Å²) < 4.78 is 0. The summed E-state index contributed by atoms with van der Waals surface area (Å²) in [6, 6.07) is -0.347. The summed E-state index contributed by atoms with van der Waals surface area (Å²) in [7, 11) is 0. The Morgan fingerprint density at radius 3 is 2.77 bits per heavy atom. The van der Waals surface area contributed by atoms with Crippen molar-refractivity contribution in [3.05, 3.63) is 0 Å². The van der Waals surface area contributed by atoms with Crippen LogP contribution in [0.15, 0.2) is 0 Å². The standard InChI is InChI=1S/C7H12N4O2/c1-2-3-11-5-4(9-7(11)13)8-6(12)10-5/h4-5H,2-3H2,1H3,(H,9,13)(H2,8,10,12)/t4-,5-/m1/s1. The number of nitrogens with one attached hydrogen (secondary N) is 3. The minimum atomic E-state index is -0.272. The van der Waals surface area contributed by atoms with Crippen molar-refractivity contribution in [2.45, 2.75) is 25.7 Å². The van der Waals surface area contributed by atoms with Gasteiger partial charge in [-0.05, 0) is 6.42 Å². The lowest BCUT2D eigenvalue weighted by Gasteiger charge is -2.19. The van der Waals surface area contributed by atoms with Crippen LogP contribution in [0, 0.1) is 0 Å². The van der Waals surface area contributed by atoms with Crippen molar-refractivity contribution in [3.8, 4) is 0 Å². The quantitative estimate of drug-likeness (QED) is 0.535. The molecule has 2 aliphatic heterocycles. The number of nitrogens with zero attached hydrogens (tertiary/aromatic N) is 1. The normalized spacial score (nSPS) is 31.0. The molecule has 2 aliphatic rings. The monoisotopic (exact) mass is 184 g/mol. The fourth-order valence-electron chi connectivity index (χ4n) is 1.68. The first-order valence-electron chi connectivity index (χ1n) is 4.36. The predicted octanol–water partition coefficient (Wildman–Crippen LogP) is -0.613. The summed E-state index contributed by atoms with van der Waals surface area (Å²) in [5.74, 6) is 0. The Morgan fingerprint density at radius 1 is 1.31 bits per heavy atom. The molecule has 6 nitrogen and oxygen atoms in total. The SMILES string of the molecule is CCCN1C(=O)N[C@H]2NC(=O)N[C@@H]21. The third-order valence-electron chi connectivity index (χ3n) is 2.22. The summed E-state index contributed by atoms with van der Waals surface area (Å²) in [4.78, 5) is 23.8. The maximum atomic E-state index is 11.3. The Morgan fingerprint density at radius 2 is 2.08 bits per heavy atom. The zero-order valence-electron chi connectivity index (χ0n) is 7.33. The molecule has 0 bridgehead atoms. The number of amides is 4. The molecule has 2 rings (SSSR count). The summed E-state index contributed by atoms with van der Waals surface area (Å²) in [5, 5.41) is 7.96. The van der Waals surface area contributed by atoms with Gasteiger partial charge in [0.25, 0.3) is 0 Å². The van der Waals surface area contributed by atoms with E-state index >= 15 is 0 Å². The Hall–Kier alpha value is -1.46. The van der Waals surface area contributed by atoms with E-state index in [1.165, 1.54) is 0 Å². The molecule has 0 radical (unpaired) electrons. The molecule has 0 unspecified atom stereocenters. The number of hydrogen-bond donors (Lipinski definition) is 3. The van der Waals surface area contributed by atoms with Gasteiger partial charge in [-0.3, -0.25) is 0 Å². The number of hydrogen-bond acceptors (Lipinski definition) is 2. The lowest BCUT2D eigenvalue weighted by molar-refractivity contribution is 0.196. The Labute approximate surface area is 75.6 Å². The highest BCUT2D eigenvalue weighted by molar-refractivity contribution is 5.84. The fourth-order valence-corrected chi connectivity index (χ4v) is 1.68. The van der Waals surface area contributed by atoms with E-state index in [1.807, 2.05) is 6.92 Å². The minimum Gasteiger partial charge on any atom is -0.314 e. The molecule has 0 aromatic carbocycles. The average molecular weight is 184 g/mol. The Bertz CT molecular complexity index is 255. The molecule has 0 aromatic heterocycles. The molecular weight excluding hydrogens is 172 g/mol. The number of rotatable bonds is 2. The van der Waals surface area contributed by atoms with Crippen molar-refractivity contribution in [2.24, 2.45) is 0 Å². The summed E-state index contributed by atoms with van der Waals surface area (Å²) in [5.41, 5.74) is 0. The first-order chi connectivity index (χ1) is 6.22. The van der Waals surface area contributed by atoms with Crippen LogP contribution in [0.25, 0.3) is 0 Å². The first-order valence-corrected chi connectivity index (χ1v) is 4.36. The van der Waals surface area contributed by atoms with Crippen LogP contribution in [0.3, 0.4) is 0 Å². The van der Waals surface area contributed by atoms with Gasteiger partial charge in [-0.2, -0.15) is 0 Å². The molecule has 2 saturated heterocycles. The van der Waals surface area contributed by atoms with Crippen LogP contribution in [0.4, 0.5) is 9.59 Å². The lowest BCUT2D eigenvalue weighted by Crippen LogP contribution is -2.43. The molecule has 6 heteroatoms. The second kappa shape index (κ2) is 2.79. The van der Waals surface area contributed by atoms with Crippen LogP contribution in [0.5, 0.6) is 0 Å². The number of carbonyl (C=O) groups is 2. The maximum Gasteiger partial charge on any atom is 0.320 e. The Balaban J connectivity index is 2.10. The van der Waals surface area contributed by atoms with E-state index in [9.17, 15) is 9.59 Å². The zero-order valence-corrected chi connectivity index (χ0v) is 7.33. The summed E-state index contributed by atoms with van der Waals surface area (Å²) in [6.45, 7) is 2.65. The average Bonchev–Trinajstić information content (AvgIpc) is 2.52. The van der Waals surface area contributed by atoms with Gasteiger partial charge in [-0.1, -0.05) is 6.92 Å². The van der Waals surface area contributed by atoms with Crippen LogP contribution in [-0.4, -0.2) is 35.8 Å². The first kappa shape index (κ1) is 8.15. The number of carbonyl (C=O) groups excluding carboxylic acids is 2. The topological polar surface area (TPSA) is 73.5 Å². The minimum absolute atomic E-state index is 0.121. The fraction of sp³-hybridized carbons (Fsp3) is 0.714. The van der Waals surface area contributed by atoms with Gasteiger partial charge in [0.1, 0.15) is 12.3 Å². The molecule has 2 heterocycles. The number of fused-ring (bicyclic) bond motifs is 1. The molecule has 72 valence electrons. The Kier molecular flexibility index (Phi) is 1.75. The summed E-state index contributed by atoms with van der Waals surface area (Å²) in [6.07, 6.45) is 0.387. The van der Waals surface area contributed by atoms with Crippen LogP contribution < -0.4 is 16.0 Å². The van der Waals surface area contributed by atoms with E-state index in [4.69, 9.17) is 0 Å². The van der Waals surface area contributed by atoms with E-state index in [0.717, 1.165) is 6.42 Å². The van der Waals surface area contributed by atoms with Crippen LogP contribution >= 0.6 is 0 Å². The lowest BCUT2D eigenvalue weighted by atomic mass is 10.4. The van der Waals surface area contributed by atoms with Crippen molar-refractivity contribution >= 4 is 12.1 Å². The van der Waals surface area contributed by atoms with E-state index in [2.05, 4.69) is 16.0 Å².